The van der Waals surface area contributed by atoms with Crippen molar-refractivity contribution >= 4 is 29.2 Å². The Morgan fingerprint density at radius 1 is 1.35 bits per heavy atom. The molecule has 1 atom stereocenters. The quantitative estimate of drug-likeness (QED) is 0.844. The van der Waals surface area contributed by atoms with E-state index in [1.54, 1.807) is 31.2 Å². The number of halogens is 1. The fourth-order valence-corrected chi connectivity index (χ4v) is 1.98. The molecule has 1 amide bonds. The predicted molar refractivity (Wildman–Crippen MR) is 79.2 cm³/mol. The first-order valence-electron chi connectivity index (χ1n) is 6.35. The normalized spacial score (nSPS) is 12.1. The molecule has 6 heteroatoms. The van der Waals surface area contributed by atoms with Crippen LogP contribution in [0.15, 0.2) is 24.3 Å². The van der Waals surface area contributed by atoms with Crippen molar-refractivity contribution in [2.75, 3.05) is 11.4 Å². The summed E-state index contributed by atoms with van der Waals surface area (Å²) in [6, 6.07) is 6.18. The highest BCUT2D eigenvalue weighted by Gasteiger charge is 2.24. The molecule has 0 aliphatic heterocycles. The smallest absolute Gasteiger partial charge is 0.323 e. The van der Waals surface area contributed by atoms with E-state index in [1.165, 1.54) is 4.90 Å². The molecule has 1 aromatic rings. The number of aliphatic carboxylic acids is 1. The largest absolute Gasteiger partial charge is 0.480 e. The van der Waals surface area contributed by atoms with Crippen molar-refractivity contribution in [2.45, 2.75) is 32.9 Å². The number of rotatable bonds is 6. The lowest BCUT2D eigenvalue weighted by Gasteiger charge is -2.29. The molecule has 0 bridgehead atoms. The van der Waals surface area contributed by atoms with Gasteiger partial charge in [-0.15, -0.1) is 0 Å². The molecule has 1 aromatic carbocycles. The lowest BCUT2D eigenvalue weighted by Crippen LogP contribution is -2.49. The van der Waals surface area contributed by atoms with Gasteiger partial charge in [0.25, 0.3) is 0 Å². The van der Waals surface area contributed by atoms with Crippen LogP contribution in [0.4, 0.5) is 5.69 Å². The number of hydrogen-bond donors (Lipinski definition) is 2. The summed E-state index contributed by atoms with van der Waals surface area (Å²) in [5.74, 6) is -1.23. The van der Waals surface area contributed by atoms with Crippen LogP contribution in [-0.2, 0) is 9.59 Å². The van der Waals surface area contributed by atoms with E-state index in [9.17, 15) is 9.59 Å². The Hall–Kier alpha value is -1.75. The number of nitrogens with zero attached hydrogens (tertiary/aromatic N) is 1. The lowest BCUT2D eigenvalue weighted by molar-refractivity contribution is -0.135. The highest BCUT2D eigenvalue weighted by molar-refractivity contribution is 6.30. The second-order valence-electron chi connectivity index (χ2n) is 4.84. The van der Waals surface area contributed by atoms with Gasteiger partial charge in [0.2, 0.25) is 5.91 Å². The molecule has 1 unspecified atom stereocenters. The highest BCUT2D eigenvalue weighted by Crippen LogP contribution is 2.21. The zero-order chi connectivity index (χ0) is 15.3. The van der Waals surface area contributed by atoms with Crippen LogP contribution in [0, 0.1) is 0 Å². The van der Waals surface area contributed by atoms with Crippen molar-refractivity contribution in [3.8, 4) is 0 Å². The molecule has 0 aliphatic carbocycles. The van der Waals surface area contributed by atoms with Crippen LogP contribution >= 0.6 is 11.6 Å². The molecule has 0 fully saturated rings. The van der Waals surface area contributed by atoms with Crippen LogP contribution < -0.4 is 10.2 Å². The molecule has 0 radical (unpaired) electrons. The van der Waals surface area contributed by atoms with Gasteiger partial charge in [-0.2, -0.15) is 0 Å². The zero-order valence-corrected chi connectivity index (χ0v) is 12.5. The summed E-state index contributed by atoms with van der Waals surface area (Å²) in [5.41, 5.74) is 0.603. The summed E-state index contributed by atoms with van der Waals surface area (Å²) in [6.45, 7) is 5.10. The third-order valence-corrected chi connectivity index (χ3v) is 2.96. The van der Waals surface area contributed by atoms with Crippen LogP contribution in [0.25, 0.3) is 0 Å². The molecule has 110 valence electrons. The van der Waals surface area contributed by atoms with Gasteiger partial charge in [0.05, 0.1) is 0 Å². The average molecular weight is 299 g/mol. The van der Waals surface area contributed by atoms with E-state index in [-0.39, 0.29) is 18.5 Å². The third kappa shape index (κ3) is 4.74. The summed E-state index contributed by atoms with van der Waals surface area (Å²) in [4.78, 5) is 24.6. The average Bonchev–Trinajstić information content (AvgIpc) is 2.34. The van der Waals surface area contributed by atoms with Gasteiger partial charge in [-0.05, 0) is 39.0 Å². The van der Waals surface area contributed by atoms with E-state index in [2.05, 4.69) is 5.32 Å². The van der Waals surface area contributed by atoms with Gasteiger partial charge in [0.1, 0.15) is 12.6 Å². The second kappa shape index (κ2) is 7.14. The van der Waals surface area contributed by atoms with Crippen molar-refractivity contribution in [3.63, 3.8) is 0 Å². The number of anilines is 1. The van der Waals surface area contributed by atoms with Gasteiger partial charge in [-0.3, -0.25) is 9.59 Å². The Morgan fingerprint density at radius 2 is 2.00 bits per heavy atom. The number of carbonyl (C=O) groups excluding carboxylic acids is 1. The number of carbonyl (C=O) groups is 2. The van der Waals surface area contributed by atoms with E-state index in [0.29, 0.717) is 10.7 Å². The van der Waals surface area contributed by atoms with Gasteiger partial charge in [-0.1, -0.05) is 17.7 Å². The number of carboxylic acids is 1. The fraction of sp³-hybridized carbons (Fsp3) is 0.429. The summed E-state index contributed by atoms with van der Waals surface area (Å²) in [6.07, 6.45) is 0. The maximum absolute atomic E-state index is 12.1. The van der Waals surface area contributed by atoms with Gasteiger partial charge in [-0.25, -0.2) is 0 Å². The lowest BCUT2D eigenvalue weighted by atomic mass is 10.2. The Bertz CT molecular complexity index is 491. The maximum Gasteiger partial charge on any atom is 0.323 e. The van der Waals surface area contributed by atoms with E-state index >= 15 is 0 Å². The van der Waals surface area contributed by atoms with Crippen molar-refractivity contribution in [1.82, 2.24) is 5.32 Å². The Balaban J connectivity index is 3.00. The number of carboxylic acid groups (broad SMARTS) is 1. The molecule has 20 heavy (non-hydrogen) atoms. The van der Waals surface area contributed by atoms with Crippen molar-refractivity contribution in [2.24, 2.45) is 0 Å². The standard InChI is InChI=1S/C14H19ClN2O3/c1-9(2)16-14(20)10(3)17(8-13(18)19)12-6-4-5-11(15)7-12/h4-7,9-10H,8H2,1-3H3,(H,16,20)(H,18,19). The summed E-state index contributed by atoms with van der Waals surface area (Å²) < 4.78 is 0. The number of amides is 1. The van der Waals surface area contributed by atoms with Crippen molar-refractivity contribution in [3.05, 3.63) is 29.3 Å². The molecular formula is C14H19ClN2O3. The van der Waals surface area contributed by atoms with Gasteiger partial charge in [0, 0.05) is 16.8 Å². The van der Waals surface area contributed by atoms with Crippen LogP contribution in [0.5, 0.6) is 0 Å². The van der Waals surface area contributed by atoms with Gasteiger partial charge < -0.3 is 15.3 Å². The number of nitrogens with one attached hydrogen (secondary N) is 1. The Kier molecular flexibility index (Phi) is 5.82. The van der Waals surface area contributed by atoms with E-state index in [4.69, 9.17) is 16.7 Å². The first-order chi connectivity index (χ1) is 9.31. The summed E-state index contributed by atoms with van der Waals surface area (Å²) in [5, 5.41) is 12.3. The highest BCUT2D eigenvalue weighted by atomic mass is 35.5. The third-order valence-electron chi connectivity index (χ3n) is 2.72. The molecule has 0 aromatic heterocycles. The minimum atomic E-state index is -1.01. The molecule has 0 spiro atoms. The van der Waals surface area contributed by atoms with Gasteiger partial charge in [0.15, 0.2) is 0 Å². The van der Waals surface area contributed by atoms with E-state index < -0.39 is 12.0 Å². The summed E-state index contributed by atoms with van der Waals surface area (Å²) in [7, 11) is 0. The topological polar surface area (TPSA) is 69.6 Å². The second-order valence-corrected chi connectivity index (χ2v) is 5.28. The van der Waals surface area contributed by atoms with Gasteiger partial charge >= 0.3 is 5.97 Å². The fourth-order valence-electron chi connectivity index (χ4n) is 1.80. The zero-order valence-electron chi connectivity index (χ0n) is 11.8. The predicted octanol–water partition coefficient (Wildman–Crippen LogP) is 2.14. The molecule has 1 rings (SSSR count). The molecule has 5 nitrogen and oxygen atoms in total. The number of hydrogen-bond acceptors (Lipinski definition) is 3. The minimum absolute atomic E-state index is 0.00371. The molecule has 0 saturated heterocycles. The Labute approximate surface area is 123 Å². The van der Waals surface area contributed by atoms with Crippen molar-refractivity contribution in [1.29, 1.82) is 0 Å². The van der Waals surface area contributed by atoms with E-state index in [0.717, 1.165) is 0 Å². The minimum Gasteiger partial charge on any atom is -0.480 e. The molecule has 0 saturated carbocycles. The van der Waals surface area contributed by atoms with Crippen LogP contribution in [0.1, 0.15) is 20.8 Å². The maximum atomic E-state index is 12.1. The molecule has 2 N–H and O–H groups in total. The monoisotopic (exact) mass is 298 g/mol. The van der Waals surface area contributed by atoms with Crippen LogP contribution in [-0.4, -0.2) is 35.6 Å². The molecule has 0 aliphatic rings. The van der Waals surface area contributed by atoms with Crippen molar-refractivity contribution < 1.29 is 14.7 Å². The van der Waals surface area contributed by atoms with Crippen LogP contribution in [0.2, 0.25) is 5.02 Å². The molecule has 0 heterocycles. The molecular weight excluding hydrogens is 280 g/mol. The van der Waals surface area contributed by atoms with Crippen LogP contribution in [0.3, 0.4) is 0 Å². The Morgan fingerprint density at radius 3 is 2.50 bits per heavy atom. The van der Waals surface area contributed by atoms with E-state index in [1.807, 2.05) is 13.8 Å². The summed E-state index contributed by atoms with van der Waals surface area (Å²) >= 11 is 5.92. The number of benzene rings is 1. The first-order valence-corrected chi connectivity index (χ1v) is 6.73. The first kappa shape index (κ1) is 16.3. The SMILES string of the molecule is CC(C)NC(=O)C(C)N(CC(=O)O)c1cccc(Cl)c1.